The molecule has 2 amide bonds. The summed E-state index contributed by atoms with van der Waals surface area (Å²) in [6.07, 6.45) is 0. The van der Waals surface area contributed by atoms with Crippen molar-refractivity contribution in [1.29, 1.82) is 0 Å². The van der Waals surface area contributed by atoms with Gasteiger partial charge in [0, 0.05) is 24.4 Å². The number of aryl methyl sites for hydroxylation is 1. The van der Waals surface area contributed by atoms with Crippen LogP contribution < -0.4 is 10.6 Å². The Morgan fingerprint density at radius 3 is 2.48 bits per heavy atom. The highest BCUT2D eigenvalue weighted by Gasteiger charge is 2.08. The fraction of sp³-hybridized carbons (Fsp3) is 0.158. The number of thioether (sulfide) groups is 1. The predicted octanol–water partition coefficient (Wildman–Crippen LogP) is 5.34. The minimum absolute atomic E-state index is 0.0222. The Hall–Kier alpha value is -2.45. The lowest BCUT2D eigenvalue weighted by Crippen LogP contribution is -2.27. The third-order valence-corrected chi connectivity index (χ3v) is 5.41. The molecule has 0 unspecified atom stereocenters. The topological polar surface area (TPSA) is 54.0 Å². The largest absolute Gasteiger partial charge is 0.334 e. The van der Waals surface area contributed by atoms with Crippen LogP contribution in [-0.2, 0) is 12.3 Å². The molecule has 3 rings (SSSR count). The van der Waals surface area contributed by atoms with E-state index >= 15 is 0 Å². The van der Waals surface area contributed by atoms with E-state index in [1.54, 1.807) is 17.8 Å². The van der Waals surface area contributed by atoms with E-state index in [0.29, 0.717) is 10.6 Å². The summed E-state index contributed by atoms with van der Waals surface area (Å²) in [7, 11) is 0. The summed E-state index contributed by atoms with van der Waals surface area (Å²) in [5.41, 5.74) is 2.77. The van der Waals surface area contributed by atoms with E-state index in [1.165, 1.54) is 34.8 Å². The van der Waals surface area contributed by atoms with Gasteiger partial charge in [-0.05, 0) is 41.7 Å². The van der Waals surface area contributed by atoms with Crippen molar-refractivity contribution in [2.75, 3.05) is 5.32 Å². The molecule has 8 heteroatoms. The number of rotatable bonds is 6. The standard InChI is InChI=1S/C19H17F2N3OS2/c1-12-2-4-13(5-3-12)11-26-18-9-17(27-24-18)23-19(25)22-10-14-6-15(20)8-16(21)7-14/h2-9H,10-11H2,1H3,(H2,22,23,25). The molecule has 2 aromatic carbocycles. The summed E-state index contributed by atoms with van der Waals surface area (Å²) in [5, 5.41) is 6.66. The lowest BCUT2D eigenvalue weighted by Gasteiger charge is -2.06. The molecular weight excluding hydrogens is 388 g/mol. The second kappa shape index (κ2) is 8.96. The minimum atomic E-state index is -0.676. The molecular formula is C19H17F2N3OS2. The van der Waals surface area contributed by atoms with Gasteiger partial charge in [-0.2, -0.15) is 4.37 Å². The Morgan fingerprint density at radius 1 is 1.07 bits per heavy atom. The number of amides is 2. The number of nitrogens with one attached hydrogen (secondary N) is 2. The van der Waals surface area contributed by atoms with Crippen LogP contribution >= 0.6 is 23.3 Å². The molecule has 0 atom stereocenters. The van der Waals surface area contributed by atoms with E-state index in [4.69, 9.17) is 0 Å². The van der Waals surface area contributed by atoms with Gasteiger partial charge in [0.25, 0.3) is 0 Å². The third-order valence-electron chi connectivity index (χ3n) is 3.61. The number of anilines is 1. The molecule has 3 aromatic rings. The van der Waals surface area contributed by atoms with E-state index in [-0.39, 0.29) is 6.54 Å². The fourth-order valence-electron chi connectivity index (χ4n) is 2.28. The molecule has 0 saturated carbocycles. The summed E-state index contributed by atoms with van der Waals surface area (Å²) in [6.45, 7) is 2.07. The quantitative estimate of drug-likeness (QED) is 0.544. The first-order valence-electron chi connectivity index (χ1n) is 8.13. The minimum Gasteiger partial charge on any atom is -0.334 e. The average Bonchev–Trinajstić information content (AvgIpc) is 3.06. The number of urea groups is 1. The van der Waals surface area contributed by atoms with E-state index in [1.807, 2.05) is 6.92 Å². The number of hydrogen-bond donors (Lipinski definition) is 2. The van der Waals surface area contributed by atoms with E-state index in [0.717, 1.165) is 16.8 Å². The van der Waals surface area contributed by atoms with Crippen LogP contribution in [0.3, 0.4) is 0 Å². The van der Waals surface area contributed by atoms with Crippen LogP contribution in [-0.4, -0.2) is 10.4 Å². The molecule has 2 N–H and O–H groups in total. The van der Waals surface area contributed by atoms with Crippen molar-refractivity contribution >= 4 is 34.3 Å². The summed E-state index contributed by atoms with van der Waals surface area (Å²) in [5.74, 6) is -0.560. The predicted molar refractivity (Wildman–Crippen MR) is 105 cm³/mol. The highest BCUT2D eigenvalue weighted by atomic mass is 32.2. The molecule has 140 valence electrons. The van der Waals surface area contributed by atoms with Crippen LogP contribution in [0.2, 0.25) is 0 Å². The number of carbonyl (C=O) groups is 1. The zero-order valence-electron chi connectivity index (χ0n) is 14.5. The van der Waals surface area contributed by atoms with Gasteiger partial charge < -0.3 is 5.32 Å². The smallest absolute Gasteiger partial charge is 0.320 e. The zero-order chi connectivity index (χ0) is 19.2. The van der Waals surface area contributed by atoms with Gasteiger partial charge in [0.05, 0.1) is 0 Å². The first kappa shape index (κ1) is 19.3. The Bertz CT molecular complexity index is 909. The Balaban J connectivity index is 1.48. The van der Waals surface area contributed by atoms with Crippen LogP contribution in [0.15, 0.2) is 53.6 Å². The molecule has 0 aliphatic heterocycles. The summed E-state index contributed by atoms with van der Waals surface area (Å²) in [6, 6.07) is 12.8. The molecule has 1 aromatic heterocycles. The summed E-state index contributed by atoms with van der Waals surface area (Å²) in [4.78, 5) is 11.9. The van der Waals surface area contributed by atoms with Crippen molar-refractivity contribution in [1.82, 2.24) is 9.69 Å². The van der Waals surface area contributed by atoms with Crippen LogP contribution in [0.4, 0.5) is 18.6 Å². The molecule has 4 nitrogen and oxygen atoms in total. The number of halogens is 2. The SMILES string of the molecule is Cc1ccc(CSc2cc(NC(=O)NCc3cc(F)cc(F)c3)sn2)cc1. The van der Waals surface area contributed by atoms with Crippen LogP contribution in [0, 0.1) is 18.6 Å². The number of hydrogen-bond acceptors (Lipinski definition) is 4. The van der Waals surface area contributed by atoms with Gasteiger partial charge in [0.15, 0.2) is 0 Å². The first-order valence-corrected chi connectivity index (χ1v) is 9.89. The average molecular weight is 405 g/mol. The number of nitrogens with zero attached hydrogens (tertiary/aromatic N) is 1. The van der Waals surface area contributed by atoms with Crippen molar-refractivity contribution in [2.45, 2.75) is 24.2 Å². The maximum atomic E-state index is 13.1. The van der Waals surface area contributed by atoms with Crippen LogP contribution in [0.1, 0.15) is 16.7 Å². The van der Waals surface area contributed by atoms with Gasteiger partial charge in [-0.15, -0.1) is 11.8 Å². The van der Waals surface area contributed by atoms with E-state index in [2.05, 4.69) is 39.3 Å². The van der Waals surface area contributed by atoms with Gasteiger partial charge in [0.1, 0.15) is 21.7 Å². The summed E-state index contributed by atoms with van der Waals surface area (Å²) < 4.78 is 30.6. The first-order chi connectivity index (χ1) is 13.0. The van der Waals surface area contributed by atoms with Gasteiger partial charge >= 0.3 is 6.03 Å². The van der Waals surface area contributed by atoms with Crippen molar-refractivity contribution < 1.29 is 13.6 Å². The molecule has 1 heterocycles. The van der Waals surface area contributed by atoms with Gasteiger partial charge in [-0.1, -0.05) is 29.8 Å². The third kappa shape index (κ3) is 6.04. The Morgan fingerprint density at radius 2 is 1.78 bits per heavy atom. The lowest BCUT2D eigenvalue weighted by molar-refractivity contribution is 0.252. The lowest BCUT2D eigenvalue weighted by atomic mass is 10.2. The number of carbonyl (C=O) groups excluding carboxylic acids is 1. The second-order valence-electron chi connectivity index (χ2n) is 5.89. The van der Waals surface area contributed by atoms with Crippen molar-refractivity contribution in [3.05, 3.63) is 76.9 Å². The molecule has 0 saturated heterocycles. The number of aromatic nitrogens is 1. The highest BCUT2D eigenvalue weighted by molar-refractivity contribution is 7.98. The van der Waals surface area contributed by atoms with Gasteiger partial charge in [-0.3, -0.25) is 5.32 Å². The maximum Gasteiger partial charge on any atom is 0.320 e. The second-order valence-corrected chi connectivity index (χ2v) is 7.69. The van der Waals surface area contributed by atoms with Crippen LogP contribution in [0.25, 0.3) is 0 Å². The van der Waals surface area contributed by atoms with Gasteiger partial charge in [0.2, 0.25) is 0 Å². The van der Waals surface area contributed by atoms with E-state index < -0.39 is 17.7 Å². The van der Waals surface area contributed by atoms with E-state index in [9.17, 15) is 13.6 Å². The Kier molecular flexibility index (Phi) is 6.41. The molecule has 0 aliphatic carbocycles. The van der Waals surface area contributed by atoms with Gasteiger partial charge in [-0.25, -0.2) is 13.6 Å². The maximum absolute atomic E-state index is 13.1. The number of benzene rings is 2. The van der Waals surface area contributed by atoms with Crippen molar-refractivity contribution in [3.63, 3.8) is 0 Å². The Labute approximate surface area is 164 Å². The summed E-state index contributed by atoms with van der Waals surface area (Å²) >= 11 is 2.76. The molecule has 27 heavy (non-hydrogen) atoms. The van der Waals surface area contributed by atoms with Crippen molar-refractivity contribution in [3.8, 4) is 0 Å². The zero-order valence-corrected chi connectivity index (χ0v) is 16.1. The molecule has 0 radical (unpaired) electrons. The molecule has 0 fully saturated rings. The molecule has 0 aliphatic rings. The monoisotopic (exact) mass is 405 g/mol. The van der Waals surface area contributed by atoms with Crippen LogP contribution in [0.5, 0.6) is 0 Å². The molecule has 0 spiro atoms. The molecule has 0 bridgehead atoms. The van der Waals surface area contributed by atoms with Crippen molar-refractivity contribution in [2.24, 2.45) is 0 Å². The normalized spacial score (nSPS) is 10.6. The fourth-order valence-corrected chi connectivity index (χ4v) is 3.93. The highest BCUT2D eigenvalue weighted by Crippen LogP contribution is 2.27.